The van der Waals surface area contributed by atoms with E-state index in [1.54, 1.807) is 12.4 Å². The molecule has 0 unspecified atom stereocenters. The third-order valence-electron chi connectivity index (χ3n) is 3.42. The van der Waals surface area contributed by atoms with E-state index in [2.05, 4.69) is 20.4 Å². The smallest absolute Gasteiger partial charge is 0.282 e. The lowest BCUT2D eigenvalue weighted by Gasteiger charge is -2.05. The van der Waals surface area contributed by atoms with Crippen LogP contribution >= 0.6 is 11.6 Å². The zero-order valence-electron chi connectivity index (χ0n) is 13.6. The number of benzene rings is 1. The monoisotopic (exact) mass is 391 g/mol. The molecule has 0 spiro atoms. The minimum atomic E-state index is -3.90. The van der Waals surface area contributed by atoms with Gasteiger partial charge in [0.1, 0.15) is 0 Å². The summed E-state index contributed by atoms with van der Waals surface area (Å²) in [6.45, 7) is 1.96. The van der Waals surface area contributed by atoms with Crippen LogP contribution in [0.5, 0.6) is 0 Å². The molecule has 3 aromatic rings. The highest BCUT2D eigenvalue weighted by molar-refractivity contribution is 7.89. The Morgan fingerprint density at radius 2 is 1.88 bits per heavy atom. The van der Waals surface area contributed by atoms with Crippen LogP contribution in [0.1, 0.15) is 21.9 Å². The Morgan fingerprint density at radius 1 is 1.15 bits per heavy atom. The van der Waals surface area contributed by atoms with E-state index in [4.69, 9.17) is 11.6 Å². The van der Waals surface area contributed by atoms with Crippen molar-refractivity contribution in [3.8, 4) is 0 Å². The number of hydrogen-bond donors (Lipinski definition) is 1. The largest absolute Gasteiger partial charge is 0.345 e. The molecule has 0 radical (unpaired) electrons. The summed E-state index contributed by atoms with van der Waals surface area (Å²) < 4.78 is 25.7. The molecule has 0 saturated heterocycles. The molecule has 2 heterocycles. The second-order valence-electron chi connectivity index (χ2n) is 5.36. The molecule has 26 heavy (non-hydrogen) atoms. The normalized spacial score (nSPS) is 11.3. The van der Waals surface area contributed by atoms with Crippen LogP contribution in [0.4, 0.5) is 0 Å². The number of amides is 1. The van der Waals surface area contributed by atoms with Crippen molar-refractivity contribution in [2.45, 2.75) is 18.4 Å². The van der Waals surface area contributed by atoms with Gasteiger partial charge in [0.05, 0.1) is 29.0 Å². The summed E-state index contributed by atoms with van der Waals surface area (Å²) in [5, 5.41) is 6.89. The fraction of sp³-hybridized carbons (Fsp3) is 0.125. The molecule has 1 amide bonds. The Balaban J connectivity index is 1.73. The van der Waals surface area contributed by atoms with Gasteiger partial charge < -0.3 is 5.32 Å². The SMILES string of the molecule is Cc1cnc(CNC(=O)c2ccn(S(=O)(=O)c3ccc(Cl)cc3)n2)cn1. The maximum atomic E-state index is 12.5. The zero-order chi connectivity index (χ0) is 18.7. The highest BCUT2D eigenvalue weighted by atomic mass is 35.5. The molecule has 1 aromatic carbocycles. The van der Waals surface area contributed by atoms with Gasteiger partial charge in [-0.05, 0) is 37.3 Å². The van der Waals surface area contributed by atoms with Crippen LogP contribution in [0, 0.1) is 6.92 Å². The molecule has 0 aliphatic heterocycles. The maximum absolute atomic E-state index is 12.5. The number of aromatic nitrogens is 4. The van der Waals surface area contributed by atoms with E-state index in [0.717, 1.165) is 9.78 Å². The van der Waals surface area contributed by atoms with Crippen molar-refractivity contribution in [3.63, 3.8) is 0 Å². The van der Waals surface area contributed by atoms with Crippen LogP contribution in [-0.4, -0.2) is 33.5 Å². The van der Waals surface area contributed by atoms with Crippen molar-refractivity contribution in [2.24, 2.45) is 0 Å². The fourth-order valence-electron chi connectivity index (χ4n) is 2.05. The number of nitrogens with zero attached hydrogens (tertiary/aromatic N) is 4. The van der Waals surface area contributed by atoms with Gasteiger partial charge in [-0.25, -0.2) is 0 Å². The third kappa shape index (κ3) is 3.89. The number of halogens is 1. The first-order valence-electron chi connectivity index (χ1n) is 7.49. The number of rotatable bonds is 5. The Morgan fingerprint density at radius 3 is 2.54 bits per heavy atom. The molecule has 10 heteroatoms. The van der Waals surface area contributed by atoms with Crippen molar-refractivity contribution in [1.29, 1.82) is 0 Å². The first-order valence-corrected chi connectivity index (χ1v) is 9.30. The Labute approximate surface area is 154 Å². The van der Waals surface area contributed by atoms with Gasteiger partial charge in [0, 0.05) is 17.4 Å². The molecule has 3 rings (SSSR count). The predicted molar refractivity (Wildman–Crippen MR) is 94.2 cm³/mol. The topological polar surface area (TPSA) is 107 Å². The average Bonchev–Trinajstić information content (AvgIpc) is 3.12. The minimum absolute atomic E-state index is 0.0203. The highest BCUT2D eigenvalue weighted by Gasteiger charge is 2.20. The van der Waals surface area contributed by atoms with Crippen LogP contribution in [0.15, 0.2) is 53.8 Å². The van der Waals surface area contributed by atoms with E-state index in [9.17, 15) is 13.2 Å². The molecule has 0 aliphatic carbocycles. The van der Waals surface area contributed by atoms with E-state index in [1.165, 1.54) is 36.5 Å². The fourth-order valence-corrected chi connectivity index (χ4v) is 3.29. The highest BCUT2D eigenvalue weighted by Crippen LogP contribution is 2.16. The van der Waals surface area contributed by atoms with Crippen LogP contribution < -0.4 is 5.32 Å². The van der Waals surface area contributed by atoms with Crippen LogP contribution in [-0.2, 0) is 16.6 Å². The van der Waals surface area contributed by atoms with Crippen molar-refractivity contribution >= 4 is 27.5 Å². The first-order chi connectivity index (χ1) is 12.4. The van der Waals surface area contributed by atoms with E-state index >= 15 is 0 Å². The quantitative estimate of drug-likeness (QED) is 0.710. The molecule has 2 aromatic heterocycles. The van der Waals surface area contributed by atoms with Gasteiger partial charge in [-0.2, -0.15) is 17.6 Å². The van der Waals surface area contributed by atoms with E-state index in [0.29, 0.717) is 10.7 Å². The number of carbonyl (C=O) groups excluding carboxylic acids is 1. The van der Waals surface area contributed by atoms with Crippen LogP contribution in [0.25, 0.3) is 0 Å². The Bertz CT molecular complexity index is 1030. The van der Waals surface area contributed by atoms with Crippen molar-refractivity contribution < 1.29 is 13.2 Å². The predicted octanol–water partition coefficient (Wildman–Crippen LogP) is 1.80. The molecule has 134 valence electrons. The van der Waals surface area contributed by atoms with Gasteiger partial charge in [-0.15, -0.1) is 0 Å². The molecule has 0 fully saturated rings. The average molecular weight is 392 g/mol. The molecule has 0 saturated carbocycles. The molecule has 8 nitrogen and oxygen atoms in total. The zero-order valence-corrected chi connectivity index (χ0v) is 15.2. The summed E-state index contributed by atoms with van der Waals surface area (Å²) in [5.74, 6) is -0.516. The van der Waals surface area contributed by atoms with Gasteiger partial charge in [0.25, 0.3) is 15.9 Å². The molecule has 0 aliphatic rings. The standard InChI is InChI=1S/C16H14ClN5O3S/c1-11-8-19-13(9-18-11)10-20-16(23)15-6-7-22(21-15)26(24,25)14-4-2-12(17)3-5-14/h2-9H,10H2,1H3,(H,20,23). The summed E-state index contributed by atoms with van der Waals surface area (Å²) in [4.78, 5) is 20.4. The maximum Gasteiger partial charge on any atom is 0.282 e. The summed E-state index contributed by atoms with van der Waals surface area (Å²) in [6.07, 6.45) is 4.36. The van der Waals surface area contributed by atoms with Crippen molar-refractivity contribution in [3.05, 3.63) is 71.0 Å². The molecular formula is C16H14ClN5O3S. The lowest BCUT2D eigenvalue weighted by Crippen LogP contribution is -2.24. The Kier molecular flexibility index (Phi) is 5.01. The summed E-state index contributed by atoms with van der Waals surface area (Å²) >= 11 is 5.77. The first kappa shape index (κ1) is 18.0. The minimum Gasteiger partial charge on any atom is -0.345 e. The lowest BCUT2D eigenvalue weighted by molar-refractivity contribution is 0.0945. The van der Waals surface area contributed by atoms with Gasteiger partial charge in [0.2, 0.25) is 0 Å². The number of nitrogens with one attached hydrogen (secondary N) is 1. The van der Waals surface area contributed by atoms with Crippen LogP contribution in [0.2, 0.25) is 5.02 Å². The summed E-state index contributed by atoms with van der Waals surface area (Å²) in [6, 6.07) is 7.00. The molecule has 0 atom stereocenters. The van der Waals surface area contributed by atoms with Crippen molar-refractivity contribution in [1.82, 2.24) is 24.5 Å². The molecule has 0 bridgehead atoms. The second kappa shape index (κ2) is 7.22. The van der Waals surface area contributed by atoms with Crippen molar-refractivity contribution in [2.75, 3.05) is 0 Å². The van der Waals surface area contributed by atoms with Gasteiger partial charge >= 0.3 is 0 Å². The van der Waals surface area contributed by atoms with Gasteiger partial charge in [0.15, 0.2) is 5.69 Å². The summed E-state index contributed by atoms with van der Waals surface area (Å²) in [7, 11) is -3.90. The summed E-state index contributed by atoms with van der Waals surface area (Å²) in [5.41, 5.74) is 1.33. The van der Waals surface area contributed by atoms with Gasteiger partial charge in [-0.1, -0.05) is 11.6 Å². The van der Waals surface area contributed by atoms with Crippen LogP contribution in [0.3, 0.4) is 0 Å². The van der Waals surface area contributed by atoms with Gasteiger partial charge in [-0.3, -0.25) is 14.8 Å². The Hall–Kier alpha value is -2.78. The van der Waals surface area contributed by atoms with E-state index < -0.39 is 15.9 Å². The van der Waals surface area contributed by atoms with E-state index in [1.807, 2.05) is 6.92 Å². The number of carbonyl (C=O) groups is 1. The lowest BCUT2D eigenvalue weighted by atomic mass is 10.3. The molecule has 1 N–H and O–H groups in total. The number of hydrogen-bond acceptors (Lipinski definition) is 6. The number of aryl methyl sites for hydroxylation is 1. The third-order valence-corrected chi connectivity index (χ3v) is 5.24. The second-order valence-corrected chi connectivity index (χ2v) is 7.60. The van der Waals surface area contributed by atoms with E-state index in [-0.39, 0.29) is 17.1 Å². The molecular weight excluding hydrogens is 378 g/mol.